The number of aliphatic imine (C=N–C) groups is 1. The number of rotatable bonds is 7. The minimum atomic E-state index is -1.18. The van der Waals surface area contributed by atoms with E-state index in [1.807, 2.05) is 26.8 Å². The fraction of sp³-hybridized carbons (Fsp3) is 0.346. The number of benzene rings is 2. The molecule has 3 unspecified atom stereocenters. The van der Waals surface area contributed by atoms with Crippen molar-refractivity contribution >= 4 is 22.8 Å². The zero-order chi connectivity index (χ0) is 25.0. The lowest BCUT2D eigenvalue weighted by molar-refractivity contribution is -0.00194. The molecule has 1 N–H and O–H groups in total. The van der Waals surface area contributed by atoms with Crippen molar-refractivity contribution in [1.82, 2.24) is 10.5 Å². The van der Waals surface area contributed by atoms with Crippen LogP contribution in [0.25, 0.3) is 0 Å². The van der Waals surface area contributed by atoms with E-state index in [-0.39, 0.29) is 23.3 Å². The van der Waals surface area contributed by atoms with Crippen molar-refractivity contribution in [2.45, 2.75) is 50.5 Å². The van der Waals surface area contributed by atoms with E-state index >= 15 is 4.39 Å². The summed E-state index contributed by atoms with van der Waals surface area (Å²) in [5, 5.41) is 7.11. The van der Waals surface area contributed by atoms with Crippen molar-refractivity contribution in [3.8, 4) is 0 Å². The minimum absolute atomic E-state index is 0.00339. The van der Waals surface area contributed by atoms with Crippen LogP contribution in [0.1, 0.15) is 60.2 Å². The Morgan fingerprint density at radius 2 is 2.03 bits per heavy atom. The molecule has 6 nitrogen and oxygen atoms in total. The van der Waals surface area contributed by atoms with Crippen LogP contribution in [0.4, 0.5) is 8.78 Å². The SMILES string of the molecule is CCC(OCC1(c2ccc(F)cc2F)CC(C)SC(NC(=O)c2ccccc2)=N1)c1cc(C)no1. The van der Waals surface area contributed by atoms with E-state index in [1.54, 1.807) is 30.3 Å². The van der Waals surface area contributed by atoms with Crippen molar-refractivity contribution < 1.29 is 22.8 Å². The molecule has 0 spiro atoms. The first-order valence-corrected chi connectivity index (χ1v) is 12.3. The van der Waals surface area contributed by atoms with Gasteiger partial charge in [0.25, 0.3) is 5.91 Å². The summed E-state index contributed by atoms with van der Waals surface area (Å²) < 4.78 is 40.5. The smallest absolute Gasteiger partial charge is 0.257 e. The number of aryl methyl sites for hydroxylation is 1. The normalized spacial score (nSPS) is 20.8. The maximum absolute atomic E-state index is 15.1. The van der Waals surface area contributed by atoms with Gasteiger partial charge in [0.05, 0.1) is 12.3 Å². The summed E-state index contributed by atoms with van der Waals surface area (Å²) in [5.74, 6) is -1.14. The van der Waals surface area contributed by atoms with Gasteiger partial charge in [-0.05, 0) is 38.0 Å². The Morgan fingerprint density at radius 3 is 2.69 bits per heavy atom. The summed E-state index contributed by atoms with van der Waals surface area (Å²) in [4.78, 5) is 17.6. The molecule has 1 aliphatic heterocycles. The molecular formula is C26H27F2N3O3S. The summed E-state index contributed by atoms with van der Waals surface area (Å²) in [6.07, 6.45) is 0.609. The summed E-state index contributed by atoms with van der Waals surface area (Å²) in [7, 11) is 0. The molecule has 0 bridgehead atoms. The highest BCUT2D eigenvalue weighted by Gasteiger charge is 2.41. The number of nitrogens with zero attached hydrogens (tertiary/aromatic N) is 2. The average molecular weight is 500 g/mol. The van der Waals surface area contributed by atoms with Crippen LogP contribution in [-0.2, 0) is 10.3 Å². The molecule has 0 saturated heterocycles. The van der Waals surface area contributed by atoms with Crippen LogP contribution < -0.4 is 5.32 Å². The molecule has 0 saturated carbocycles. The Labute approximate surface area is 207 Å². The second kappa shape index (κ2) is 10.7. The first-order chi connectivity index (χ1) is 16.8. The highest BCUT2D eigenvalue weighted by Crippen LogP contribution is 2.42. The van der Waals surface area contributed by atoms with Gasteiger partial charge in [-0.2, -0.15) is 0 Å². The van der Waals surface area contributed by atoms with Gasteiger partial charge in [0.1, 0.15) is 23.3 Å². The summed E-state index contributed by atoms with van der Waals surface area (Å²) >= 11 is 1.39. The minimum Gasteiger partial charge on any atom is -0.367 e. The third kappa shape index (κ3) is 5.79. The molecule has 2 heterocycles. The Hall–Kier alpha value is -3.04. The van der Waals surface area contributed by atoms with E-state index in [4.69, 9.17) is 14.3 Å². The van der Waals surface area contributed by atoms with Crippen LogP contribution in [0.15, 0.2) is 64.1 Å². The Kier molecular flexibility index (Phi) is 7.66. The van der Waals surface area contributed by atoms with E-state index in [0.29, 0.717) is 29.3 Å². The van der Waals surface area contributed by atoms with Gasteiger partial charge < -0.3 is 14.6 Å². The van der Waals surface area contributed by atoms with E-state index in [1.165, 1.54) is 23.9 Å². The molecule has 35 heavy (non-hydrogen) atoms. The van der Waals surface area contributed by atoms with Crippen LogP contribution in [0.2, 0.25) is 0 Å². The van der Waals surface area contributed by atoms with Crippen LogP contribution >= 0.6 is 11.8 Å². The number of amidine groups is 1. The number of thioether (sulfide) groups is 1. The molecular weight excluding hydrogens is 472 g/mol. The fourth-order valence-corrected chi connectivity index (χ4v) is 5.29. The number of amides is 1. The zero-order valence-corrected chi connectivity index (χ0v) is 20.6. The fourth-order valence-electron chi connectivity index (χ4n) is 4.17. The number of hydrogen-bond acceptors (Lipinski definition) is 6. The topological polar surface area (TPSA) is 76.7 Å². The Morgan fingerprint density at radius 1 is 1.26 bits per heavy atom. The maximum atomic E-state index is 15.1. The Bertz CT molecular complexity index is 1220. The number of aromatic nitrogens is 1. The molecule has 0 aliphatic carbocycles. The van der Waals surface area contributed by atoms with Gasteiger partial charge in [0.2, 0.25) is 0 Å². The molecule has 0 radical (unpaired) electrons. The van der Waals surface area contributed by atoms with Crippen molar-refractivity contribution in [1.29, 1.82) is 0 Å². The van der Waals surface area contributed by atoms with Crippen LogP contribution in [-0.4, -0.2) is 28.1 Å². The number of nitrogens with one attached hydrogen (secondary N) is 1. The molecule has 3 aromatic rings. The Balaban J connectivity index is 1.69. The average Bonchev–Trinajstić information content (AvgIpc) is 3.25. The van der Waals surface area contributed by atoms with Crippen molar-refractivity contribution in [3.63, 3.8) is 0 Å². The molecule has 2 aromatic carbocycles. The molecule has 9 heteroatoms. The summed E-state index contributed by atoms with van der Waals surface area (Å²) in [6, 6.07) is 14.0. The van der Waals surface area contributed by atoms with Gasteiger partial charge in [-0.3, -0.25) is 4.79 Å². The predicted octanol–water partition coefficient (Wildman–Crippen LogP) is 5.94. The van der Waals surface area contributed by atoms with Gasteiger partial charge in [-0.15, -0.1) is 0 Å². The number of hydrogen-bond donors (Lipinski definition) is 1. The van der Waals surface area contributed by atoms with E-state index in [0.717, 1.165) is 11.8 Å². The monoisotopic (exact) mass is 499 g/mol. The van der Waals surface area contributed by atoms with E-state index in [9.17, 15) is 9.18 Å². The summed E-state index contributed by atoms with van der Waals surface area (Å²) in [5.41, 5.74) is 0.245. The van der Waals surface area contributed by atoms with E-state index in [2.05, 4.69) is 10.5 Å². The van der Waals surface area contributed by atoms with Gasteiger partial charge in [-0.1, -0.05) is 55.0 Å². The molecule has 1 aromatic heterocycles. The van der Waals surface area contributed by atoms with Crippen molar-refractivity contribution in [3.05, 3.63) is 88.8 Å². The quantitative estimate of drug-likeness (QED) is 0.436. The van der Waals surface area contributed by atoms with Crippen LogP contribution in [0.3, 0.4) is 0 Å². The van der Waals surface area contributed by atoms with Crippen molar-refractivity contribution in [2.24, 2.45) is 4.99 Å². The van der Waals surface area contributed by atoms with Crippen molar-refractivity contribution in [2.75, 3.05) is 6.61 Å². The molecule has 0 fully saturated rings. The lowest BCUT2D eigenvalue weighted by atomic mass is 9.86. The third-order valence-electron chi connectivity index (χ3n) is 5.80. The largest absolute Gasteiger partial charge is 0.367 e. The number of ether oxygens (including phenoxy) is 1. The molecule has 4 rings (SSSR count). The van der Waals surface area contributed by atoms with Crippen LogP contribution in [0, 0.1) is 18.6 Å². The predicted molar refractivity (Wildman–Crippen MR) is 131 cm³/mol. The second-order valence-corrected chi connectivity index (χ2v) is 10.0. The zero-order valence-electron chi connectivity index (χ0n) is 19.8. The molecule has 184 valence electrons. The van der Waals surface area contributed by atoms with Crippen LogP contribution in [0.5, 0.6) is 0 Å². The summed E-state index contributed by atoms with van der Waals surface area (Å²) in [6.45, 7) is 5.74. The number of carbonyl (C=O) groups excluding carboxylic acids is 1. The maximum Gasteiger partial charge on any atom is 0.257 e. The highest BCUT2D eigenvalue weighted by molar-refractivity contribution is 8.14. The molecule has 1 aliphatic rings. The number of carbonyl (C=O) groups is 1. The lowest BCUT2D eigenvalue weighted by Crippen LogP contribution is -2.42. The van der Waals surface area contributed by atoms with Gasteiger partial charge in [-0.25, -0.2) is 13.8 Å². The number of halogens is 2. The lowest BCUT2D eigenvalue weighted by Gasteiger charge is -2.37. The first-order valence-electron chi connectivity index (χ1n) is 11.4. The van der Waals surface area contributed by atoms with E-state index < -0.39 is 23.3 Å². The standard InChI is InChI=1S/C26H27F2N3O3S/c1-4-22(23-12-16(2)31-34-23)33-15-26(20-11-10-19(27)13-21(20)28)14-17(3)35-25(30-26)29-24(32)18-8-6-5-7-9-18/h5-13,17,22H,4,14-15H2,1-3H3,(H,29,30,32). The highest BCUT2D eigenvalue weighted by atomic mass is 32.2. The van der Waals surface area contributed by atoms with Gasteiger partial charge in [0.15, 0.2) is 10.9 Å². The molecule has 1 amide bonds. The third-order valence-corrected chi connectivity index (χ3v) is 6.79. The second-order valence-electron chi connectivity index (χ2n) is 8.60. The van der Waals surface area contributed by atoms with Gasteiger partial charge in [0, 0.05) is 28.5 Å². The molecule has 3 atom stereocenters. The van der Waals surface area contributed by atoms with Gasteiger partial charge >= 0.3 is 0 Å². The first kappa shape index (κ1) is 25.1.